The molecule has 0 aliphatic carbocycles. The molecule has 3 heteroatoms. The Kier molecular flexibility index (Phi) is 2.36. The first kappa shape index (κ1) is 10.1. The lowest BCUT2D eigenvalue weighted by Crippen LogP contribution is -2.42. The number of hydrogen-bond donors (Lipinski definition) is 0. The highest BCUT2D eigenvalue weighted by atomic mass is 16.3. The third-order valence-electron chi connectivity index (χ3n) is 4.27. The smallest absolute Gasteiger partial charge is 0.169 e. The lowest BCUT2D eigenvalue weighted by atomic mass is 9.86. The van der Waals surface area contributed by atoms with Crippen molar-refractivity contribution in [2.75, 3.05) is 7.05 Å². The molecule has 0 radical (unpaired) electrons. The van der Waals surface area contributed by atoms with Crippen molar-refractivity contribution < 1.29 is 9.21 Å². The molecule has 2 bridgehead atoms. The number of ketones is 1. The predicted molar refractivity (Wildman–Crippen MR) is 60.3 cm³/mol. The van der Waals surface area contributed by atoms with Crippen LogP contribution in [0.1, 0.15) is 36.0 Å². The lowest BCUT2D eigenvalue weighted by Gasteiger charge is -2.35. The van der Waals surface area contributed by atoms with Gasteiger partial charge in [0.25, 0.3) is 0 Å². The maximum absolute atomic E-state index is 12.2. The molecule has 3 nitrogen and oxygen atoms in total. The number of fused-ring (bicyclic) bond motifs is 2. The molecule has 0 saturated carbocycles. The summed E-state index contributed by atoms with van der Waals surface area (Å²) in [6.07, 6.45) is 7.72. The average Bonchev–Trinajstić information content (AvgIpc) is 2.85. The van der Waals surface area contributed by atoms with Crippen LogP contribution < -0.4 is 0 Å². The van der Waals surface area contributed by atoms with E-state index in [1.54, 1.807) is 18.6 Å². The molecule has 0 spiro atoms. The van der Waals surface area contributed by atoms with Gasteiger partial charge in [-0.15, -0.1) is 0 Å². The molecule has 2 fully saturated rings. The fraction of sp³-hybridized carbons (Fsp3) is 0.615. The van der Waals surface area contributed by atoms with Crippen LogP contribution in [0.4, 0.5) is 0 Å². The van der Waals surface area contributed by atoms with Crippen LogP contribution in [0, 0.1) is 5.92 Å². The van der Waals surface area contributed by atoms with Crippen LogP contribution in [0.15, 0.2) is 23.0 Å². The minimum Gasteiger partial charge on any atom is -0.472 e. The number of piperidine rings is 1. The molecule has 3 rings (SSSR count). The summed E-state index contributed by atoms with van der Waals surface area (Å²) >= 11 is 0. The number of Topliss-reactive ketones (excluding diaryl/α,β-unsaturated/α-hetero) is 1. The van der Waals surface area contributed by atoms with Crippen LogP contribution in [0.5, 0.6) is 0 Å². The van der Waals surface area contributed by atoms with Crippen molar-refractivity contribution in [2.24, 2.45) is 5.92 Å². The summed E-state index contributed by atoms with van der Waals surface area (Å²) in [5, 5.41) is 0. The fourth-order valence-corrected chi connectivity index (χ4v) is 3.27. The summed E-state index contributed by atoms with van der Waals surface area (Å²) in [6, 6.07) is 3.03. The van der Waals surface area contributed by atoms with E-state index in [9.17, 15) is 4.79 Å². The standard InChI is InChI=1S/C13H17NO2/c1-14-11-2-3-12(14)7-10(6-11)13(15)9-4-5-16-8-9/h4-5,8,10-12H,2-3,6-7H2,1H3. The van der Waals surface area contributed by atoms with E-state index in [-0.39, 0.29) is 11.7 Å². The van der Waals surface area contributed by atoms with Gasteiger partial charge < -0.3 is 9.32 Å². The van der Waals surface area contributed by atoms with Crippen molar-refractivity contribution >= 4 is 5.78 Å². The summed E-state index contributed by atoms with van der Waals surface area (Å²) in [5.74, 6) is 0.491. The molecule has 2 atom stereocenters. The Balaban J connectivity index is 1.76. The second-order valence-corrected chi connectivity index (χ2v) is 5.10. The van der Waals surface area contributed by atoms with Gasteiger partial charge >= 0.3 is 0 Å². The third-order valence-corrected chi connectivity index (χ3v) is 4.27. The monoisotopic (exact) mass is 219 g/mol. The Morgan fingerprint density at radius 3 is 2.62 bits per heavy atom. The van der Waals surface area contributed by atoms with E-state index in [0.717, 1.165) is 18.4 Å². The van der Waals surface area contributed by atoms with E-state index in [0.29, 0.717) is 12.1 Å². The van der Waals surface area contributed by atoms with E-state index >= 15 is 0 Å². The second kappa shape index (κ2) is 3.74. The minimum atomic E-state index is 0.214. The molecule has 1 aromatic heterocycles. The topological polar surface area (TPSA) is 33.5 Å². The van der Waals surface area contributed by atoms with E-state index in [4.69, 9.17) is 4.42 Å². The van der Waals surface area contributed by atoms with Gasteiger partial charge in [0, 0.05) is 18.0 Å². The lowest BCUT2D eigenvalue weighted by molar-refractivity contribution is 0.0766. The molecule has 0 aromatic carbocycles. The Bertz CT molecular complexity index is 371. The molecular formula is C13H17NO2. The number of hydrogen-bond acceptors (Lipinski definition) is 3. The normalized spacial score (nSPS) is 34.2. The van der Waals surface area contributed by atoms with Crippen molar-refractivity contribution in [2.45, 2.75) is 37.8 Å². The van der Waals surface area contributed by atoms with E-state index in [1.165, 1.54) is 12.8 Å². The average molecular weight is 219 g/mol. The highest BCUT2D eigenvalue weighted by Crippen LogP contribution is 2.38. The summed E-state index contributed by atoms with van der Waals surface area (Å²) in [4.78, 5) is 14.7. The third kappa shape index (κ3) is 1.50. The maximum Gasteiger partial charge on any atom is 0.169 e. The largest absolute Gasteiger partial charge is 0.472 e. The van der Waals surface area contributed by atoms with Gasteiger partial charge in [-0.3, -0.25) is 4.79 Å². The highest BCUT2D eigenvalue weighted by molar-refractivity contribution is 5.97. The van der Waals surface area contributed by atoms with Crippen molar-refractivity contribution in [3.63, 3.8) is 0 Å². The molecule has 2 aliphatic rings. The van der Waals surface area contributed by atoms with Crippen molar-refractivity contribution in [1.82, 2.24) is 4.90 Å². The van der Waals surface area contributed by atoms with Crippen LogP contribution in [0.25, 0.3) is 0 Å². The number of carbonyl (C=O) groups is 1. The Morgan fingerprint density at radius 1 is 1.38 bits per heavy atom. The van der Waals surface area contributed by atoms with E-state index in [1.807, 2.05) is 0 Å². The quantitative estimate of drug-likeness (QED) is 0.716. The Morgan fingerprint density at radius 2 is 2.06 bits per heavy atom. The number of rotatable bonds is 2. The van der Waals surface area contributed by atoms with Gasteiger partial charge in [-0.25, -0.2) is 0 Å². The van der Waals surface area contributed by atoms with Gasteiger partial charge in [0.1, 0.15) is 6.26 Å². The van der Waals surface area contributed by atoms with Crippen LogP contribution >= 0.6 is 0 Å². The summed E-state index contributed by atoms with van der Waals surface area (Å²) in [7, 11) is 2.20. The van der Waals surface area contributed by atoms with Gasteiger partial charge in [0.2, 0.25) is 0 Å². The molecular weight excluding hydrogens is 202 g/mol. The molecule has 86 valence electrons. The van der Waals surface area contributed by atoms with Gasteiger partial charge in [-0.2, -0.15) is 0 Å². The molecule has 2 unspecified atom stereocenters. The predicted octanol–water partition coefficient (Wildman–Crippen LogP) is 2.34. The summed E-state index contributed by atoms with van der Waals surface area (Å²) in [5.41, 5.74) is 0.744. The molecule has 0 amide bonds. The van der Waals surface area contributed by atoms with Gasteiger partial charge in [-0.1, -0.05) is 0 Å². The maximum atomic E-state index is 12.2. The molecule has 2 saturated heterocycles. The Labute approximate surface area is 95.4 Å². The molecule has 2 aliphatic heterocycles. The van der Waals surface area contributed by atoms with Gasteiger partial charge in [-0.05, 0) is 38.8 Å². The fourth-order valence-electron chi connectivity index (χ4n) is 3.27. The van der Waals surface area contributed by atoms with Crippen LogP contribution in [-0.2, 0) is 0 Å². The second-order valence-electron chi connectivity index (χ2n) is 5.10. The number of nitrogens with zero attached hydrogens (tertiary/aromatic N) is 1. The van der Waals surface area contributed by atoms with Crippen LogP contribution in [-0.4, -0.2) is 29.8 Å². The molecule has 0 N–H and O–H groups in total. The summed E-state index contributed by atoms with van der Waals surface area (Å²) in [6.45, 7) is 0. The first-order valence-corrected chi connectivity index (χ1v) is 6.04. The van der Waals surface area contributed by atoms with E-state index in [2.05, 4.69) is 11.9 Å². The first-order valence-electron chi connectivity index (χ1n) is 6.04. The van der Waals surface area contributed by atoms with Gasteiger partial charge in [0.15, 0.2) is 5.78 Å². The van der Waals surface area contributed by atoms with Crippen LogP contribution in [0.3, 0.4) is 0 Å². The number of furan rings is 1. The van der Waals surface area contributed by atoms with Gasteiger partial charge in [0.05, 0.1) is 11.8 Å². The zero-order valence-electron chi connectivity index (χ0n) is 9.56. The van der Waals surface area contributed by atoms with Crippen molar-refractivity contribution in [3.05, 3.63) is 24.2 Å². The van der Waals surface area contributed by atoms with Crippen molar-refractivity contribution in [1.29, 1.82) is 0 Å². The van der Waals surface area contributed by atoms with Crippen molar-refractivity contribution in [3.8, 4) is 0 Å². The van der Waals surface area contributed by atoms with Crippen LogP contribution in [0.2, 0.25) is 0 Å². The molecule has 3 heterocycles. The Hall–Kier alpha value is -1.09. The molecule has 16 heavy (non-hydrogen) atoms. The molecule has 1 aromatic rings. The minimum absolute atomic E-state index is 0.214. The summed E-state index contributed by atoms with van der Waals surface area (Å²) < 4.78 is 4.99. The number of carbonyl (C=O) groups excluding carboxylic acids is 1. The first-order chi connectivity index (χ1) is 7.75. The van der Waals surface area contributed by atoms with E-state index < -0.39 is 0 Å². The zero-order chi connectivity index (χ0) is 11.1. The SMILES string of the molecule is CN1C2CCC1CC(C(=O)c1ccoc1)C2. The highest BCUT2D eigenvalue weighted by Gasteiger charge is 2.41. The zero-order valence-corrected chi connectivity index (χ0v) is 9.56.